The summed E-state index contributed by atoms with van der Waals surface area (Å²) >= 11 is 0. The van der Waals surface area contributed by atoms with E-state index in [9.17, 15) is 9.90 Å². The Bertz CT molecular complexity index is 348. The molecule has 4 nitrogen and oxygen atoms in total. The van der Waals surface area contributed by atoms with Crippen LogP contribution >= 0.6 is 0 Å². The molecule has 0 saturated carbocycles. The number of phenols is 1. The molecule has 88 valence electrons. The first-order valence-electron chi connectivity index (χ1n) is 5.23. The summed E-state index contributed by atoms with van der Waals surface area (Å²) in [6.07, 6.45) is -0.344. The zero-order chi connectivity index (χ0) is 12.1. The van der Waals surface area contributed by atoms with Crippen LogP contribution in [0.2, 0.25) is 0 Å². The molecule has 0 spiro atoms. The maximum atomic E-state index is 11.5. The number of benzene rings is 1. The summed E-state index contributed by atoms with van der Waals surface area (Å²) in [6.45, 7) is 4.40. The molecule has 4 heteroatoms. The van der Waals surface area contributed by atoms with Crippen LogP contribution in [0.5, 0.6) is 5.75 Å². The van der Waals surface area contributed by atoms with E-state index in [0.29, 0.717) is 6.54 Å². The van der Waals surface area contributed by atoms with E-state index in [1.54, 1.807) is 29.2 Å². The number of amides is 1. The minimum absolute atomic E-state index is 0.0713. The first kappa shape index (κ1) is 12.4. The van der Waals surface area contributed by atoms with Crippen LogP contribution < -0.4 is 0 Å². The number of aromatic hydroxyl groups is 1. The molecule has 0 aromatic heterocycles. The van der Waals surface area contributed by atoms with Gasteiger partial charge in [0.1, 0.15) is 5.75 Å². The van der Waals surface area contributed by atoms with Gasteiger partial charge in [0.25, 0.3) is 0 Å². The van der Waals surface area contributed by atoms with E-state index in [1.165, 1.54) is 7.11 Å². The van der Waals surface area contributed by atoms with Crippen molar-refractivity contribution in [3.05, 3.63) is 29.8 Å². The fourth-order valence-electron chi connectivity index (χ4n) is 1.61. The van der Waals surface area contributed by atoms with Crippen molar-refractivity contribution in [1.29, 1.82) is 0 Å². The highest BCUT2D eigenvalue weighted by Crippen LogP contribution is 2.22. The molecule has 0 aliphatic heterocycles. The van der Waals surface area contributed by atoms with E-state index in [1.807, 2.05) is 13.8 Å². The summed E-state index contributed by atoms with van der Waals surface area (Å²) in [5.74, 6) is 0.220. The number of rotatable bonds is 3. The quantitative estimate of drug-likeness (QED) is 0.856. The molecule has 1 atom stereocenters. The highest BCUT2D eigenvalue weighted by atomic mass is 16.5. The van der Waals surface area contributed by atoms with Gasteiger partial charge in [0.05, 0.1) is 13.2 Å². The predicted octanol–water partition coefficient (Wildman–Crippen LogP) is 2.54. The molecule has 0 heterocycles. The number of ether oxygens (including phenoxy) is 1. The van der Waals surface area contributed by atoms with Crippen LogP contribution in [0.15, 0.2) is 24.3 Å². The molecule has 1 aromatic carbocycles. The Morgan fingerprint density at radius 2 is 2.00 bits per heavy atom. The number of carbonyl (C=O) groups is 1. The van der Waals surface area contributed by atoms with Crippen molar-refractivity contribution in [2.75, 3.05) is 13.7 Å². The Labute approximate surface area is 95.5 Å². The summed E-state index contributed by atoms with van der Waals surface area (Å²) in [6, 6.07) is 6.74. The Balaban J connectivity index is 2.86. The van der Waals surface area contributed by atoms with Crippen LogP contribution in [0, 0.1) is 0 Å². The first-order valence-corrected chi connectivity index (χ1v) is 5.23. The van der Waals surface area contributed by atoms with E-state index in [0.717, 1.165) is 5.56 Å². The van der Waals surface area contributed by atoms with E-state index < -0.39 is 0 Å². The van der Waals surface area contributed by atoms with Crippen molar-refractivity contribution < 1.29 is 14.6 Å². The molecule has 1 amide bonds. The zero-order valence-corrected chi connectivity index (χ0v) is 9.80. The average Bonchev–Trinajstić information content (AvgIpc) is 2.30. The van der Waals surface area contributed by atoms with Gasteiger partial charge in [-0.2, -0.15) is 0 Å². The van der Waals surface area contributed by atoms with E-state index in [4.69, 9.17) is 4.74 Å². The van der Waals surface area contributed by atoms with Crippen molar-refractivity contribution in [2.24, 2.45) is 0 Å². The summed E-state index contributed by atoms with van der Waals surface area (Å²) in [4.78, 5) is 13.1. The molecule has 0 bridgehead atoms. The van der Waals surface area contributed by atoms with Gasteiger partial charge in [0.15, 0.2) is 0 Å². The minimum Gasteiger partial charge on any atom is -0.508 e. The van der Waals surface area contributed by atoms with Crippen molar-refractivity contribution >= 4 is 6.09 Å². The van der Waals surface area contributed by atoms with Gasteiger partial charge in [-0.05, 0) is 31.5 Å². The standard InChI is InChI=1S/C12H17NO3/c1-4-13(12(15)16-3)9(2)10-5-7-11(14)8-6-10/h5-9,14H,4H2,1-3H3/t9-/m0/s1. The van der Waals surface area contributed by atoms with Crippen molar-refractivity contribution in [3.8, 4) is 5.75 Å². The van der Waals surface area contributed by atoms with E-state index >= 15 is 0 Å². The number of methoxy groups -OCH3 is 1. The molecular weight excluding hydrogens is 206 g/mol. The summed E-state index contributed by atoms with van der Waals surface area (Å²) in [5, 5.41) is 9.18. The highest BCUT2D eigenvalue weighted by molar-refractivity contribution is 5.68. The molecule has 0 saturated heterocycles. The first-order chi connectivity index (χ1) is 7.60. The lowest BCUT2D eigenvalue weighted by atomic mass is 10.1. The molecule has 0 aliphatic carbocycles. The molecule has 0 fully saturated rings. The van der Waals surface area contributed by atoms with Gasteiger partial charge in [-0.25, -0.2) is 4.79 Å². The normalized spacial score (nSPS) is 11.9. The largest absolute Gasteiger partial charge is 0.508 e. The fourth-order valence-corrected chi connectivity index (χ4v) is 1.61. The number of hydrogen-bond donors (Lipinski definition) is 1. The molecule has 0 radical (unpaired) electrons. The minimum atomic E-state index is -0.344. The third kappa shape index (κ3) is 2.66. The Morgan fingerprint density at radius 1 is 1.44 bits per heavy atom. The van der Waals surface area contributed by atoms with Crippen molar-refractivity contribution in [3.63, 3.8) is 0 Å². The summed E-state index contributed by atoms with van der Waals surface area (Å²) in [5.41, 5.74) is 0.963. The molecule has 0 aliphatic rings. The topological polar surface area (TPSA) is 49.8 Å². The number of nitrogens with zero attached hydrogens (tertiary/aromatic N) is 1. The third-order valence-corrected chi connectivity index (χ3v) is 2.59. The van der Waals surface area contributed by atoms with Crippen LogP contribution in [-0.2, 0) is 4.74 Å². The maximum absolute atomic E-state index is 11.5. The second-order valence-corrected chi connectivity index (χ2v) is 3.52. The number of hydrogen-bond acceptors (Lipinski definition) is 3. The fraction of sp³-hybridized carbons (Fsp3) is 0.417. The van der Waals surface area contributed by atoms with Gasteiger partial charge >= 0.3 is 6.09 Å². The Hall–Kier alpha value is -1.71. The molecule has 16 heavy (non-hydrogen) atoms. The van der Waals surface area contributed by atoms with Gasteiger partial charge in [-0.3, -0.25) is 0 Å². The molecule has 1 N–H and O–H groups in total. The third-order valence-electron chi connectivity index (χ3n) is 2.59. The molecule has 1 aromatic rings. The lowest BCUT2D eigenvalue weighted by Crippen LogP contribution is -2.33. The predicted molar refractivity (Wildman–Crippen MR) is 61.3 cm³/mol. The second kappa shape index (κ2) is 5.39. The van der Waals surface area contributed by atoms with Crippen LogP contribution in [-0.4, -0.2) is 29.8 Å². The van der Waals surface area contributed by atoms with E-state index in [-0.39, 0.29) is 17.9 Å². The molecule has 1 rings (SSSR count). The zero-order valence-electron chi connectivity index (χ0n) is 9.80. The van der Waals surface area contributed by atoms with Gasteiger partial charge in [-0.15, -0.1) is 0 Å². The van der Waals surface area contributed by atoms with Gasteiger partial charge in [0.2, 0.25) is 0 Å². The van der Waals surface area contributed by atoms with Crippen LogP contribution in [0.3, 0.4) is 0 Å². The van der Waals surface area contributed by atoms with Gasteiger partial charge in [-0.1, -0.05) is 12.1 Å². The number of carbonyl (C=O) groups excluding carboxylic acids is 1. The lowest BCUT2D eigenvalue weighted by Gasteiger charge is -2.26. The maximum Gasteiger partial charge on any atom is 0.409 e. The van der Waals surface area contributed by atoms with Gasteiger partial charge in [0, 0.05) is 6.54 Å². The van der Waals surface area contributed by atoms with Crippen molar-refractivity contribution in [2.45, 2.75) is 19.9 Å². The molecule has 0 unspecified atom stereocenters. The van der Waals surface area contributed by atoms with Crippen LogP contribution in [0.25, 0.3) is 0 Å². The monoisotopic (exact) mass is 223 g/mol. The van der Waals surface area contributed by atoms with Crippen molar-refractivity contribution in [1.82, 2.24) is 4.90 Å². The Kier molecular flexibility index (Phi) is 4.17. The average molecular weight is 223 g/mol. The second-order valence-electron chi connectivity index (χ2n) is 3.52. The highest BCUT2D eigenvalue weighted by Gasteiger charge is 2.19. The Morgan fingerprint density at radius 3 is 2.44 bits per heavy atom. The summed E-state index contributed by atoms with van der Waals surface area (Å²) < 4.78 is 4.71. The number of phenolic OH excluding ortho intramolecular Hbond substituents is 1. The van der Waals surface area contributed by atoms with Gasteiger partial charge < -0.3 is 14.7 Å². The smallest absolute Gasteiger partial charge is 0.409 e. The summed E-state index contributed by atoms with van der Waals surface area (Å²) in [7, 11) is 1.37. The van der Waals surface area contributed by atoms with Crippen LogP contribution in [0.4, 0.5) is 4.79 Å². The van der Waals surface area contributed by atoms with E-state index in [2.05, 4.69) is 0 Å². The lowest BCUT2D eigenvalue weighted by molar-refractivity contribution is 0.111. The molecular formula is C12H17NO3. The van der Waals surface area contributed by atoms with Crippen LogP contribution in [0.1, 0.15) is 25.5 Å². The SMILES string of the molecule is CCN(C(=O)OC)[C@@H](C)c1ccc(O)cc1.